The second-order valence-electron chi connectivity index (χ2n) is 10.3. The Kier molecular flexibility index (Phi) is 12.1. The minimum atomic E-state index is -0.601. The first-order chi connectivity index (χ1) is 15.4. The standard InChI is InChI=1S/C26H47N3O4/c1-10-33-26(32)20(8)16-23(18(4)5)28(9)25(31)21(15-17(2)3)27-24(30)22-13-11-12-14-29(22)19(6)7/h16-19,21-23H,10-15H2,1-9H3,(H,27,30)/t21-,22?,23+/m0/s1. The monoisotopic (exact) mass is 465 g/mol. The summed E-state index contributed by atoms with van der Waals surface area (Å²) in [6.07, 6.45) is 5.31. The highest BCUT2D eigenvalue weighted by atomic mass is 16.5. The van der Waals surface area contributed by atoms with Crippen LogP contribution in [0.5, 0.6) is 0 Å². The summed E-state index contributed by atoms with van der Waals surface area (Å²) in [5.41, 5.74) is 0.481. The number of rotatable bonds is 11. The summed E-state index contributed by atoms with van der Waals surface area (Å²) in [6, 6.07) is -0.797. The number of piperidine rings is 1. The van der Waals surface area contributed by atoms with Gasteiger partial charge >= 0.3 is 5.97 Å². The van der Waals surface area contributed by atoms with Crippen molar-refractivity contribution in [2.24, 2.45) is 11.8 Å². The molecule has 0 aromatic heterocycles. The van der Waals surface area contributed by atoms with E-state index < -0.39 is 6.04 Å². The van der Waals surface area contributed by atoms with Crippen molar-refractivity contribution in [3.05, 3.63) is 11.6 Å². The number of likely N-dealkylation sites (tertiary alicyclic amines) is 1. The first kappa shape index (κ1) is 29.1. The molecule has 1 aliphatic rings. The number of likely N-dealkylation sites (N-methyl/N-ethyl adjacent to an activating group) is 1. The van der Waals surface area contributed by atoms with E-state index in [2.05, 4.69) is 37.9 Å². The van der Waals surface area contributed by atoms with Gasteiger partial charge in [-0.2, -0.15) is 0 Å². The maximum absolute atomic E-state index is 13.6. The second-order valence-corrected chi connectivity index (χ2v) is 10.3. The normalized spacial score (nSPS) is 19.5. The Morgan fingerprint density at radius 2 is 1.76 bits per heavy atom. The molecule has 0 aromatic carbocycles. The molecule has 2 amide bonds. The molecule has 190 valence electrons. The van der Waals surface area contributed by atoms with E-state index in [0.717, 1.165) is 25.8 Å². The Labute approximate surface area is 201 Å². The number of nitrogens with one attached hydrogen (secondary N) is 1. The van der Waals surface area contributed by atoms with Crippen LogP contribution in [0, 0.1) is 11.8 Å². The van der Waals surface area contributed by atoms with E-state index in [9.17, 15) is 14.4 Å². The van der Waals surface area contributed by atoms with Gasteiger partial charge < -0.3 is 15.0 Å². The van der Waals surface area contributed by atoms with E-state index in [1.165, 1.54) is 0 Å². The molecule has 0 saturated carbocycles. The number of ether oxygens (including phenoxy) is 1. The Morgan fingerprint density at radius 1 is 1.12 bits per heavy atom. The van der Waals surface area contributed by atoms with Crippen LogP contribution < -0.4 is 5.32 Å². The van der Waals surface area contributed by atoms with Crippen LogP contribution in [-0.2, 0) is 19.1 Å². The average Bonchev–Trinajstić information content (AvgIpc) is 2.75. The molecule has 33 heavy (non-hydrogen) atoms. The zero-order valence-corrected chi connectivity index (χ0v) is 22.3. The van der Waals surface area contributed by atoms with Crippen LogP contribution in [-0.4, -0.2) is 72.0 Å². The van der Waals surface area contributed by atoms with Crippen molar-refractivity contribution in [1.29, 1.82) is 0 Å². The molecule has 3 atom stereocenters. The van der Waals surface area contributed by atoms with Crippen LogP contribution in [0.15, 0.2) is 11.6 Å². The van der Waals surface area contributed by atoms with Gasteiger partial charge in [0.05, 0.1) is 18.7 Å². The Balaban J connectivity index is 3.09. The van der Waals surface area contributed by atoms with Gasteiger partial charge in [-0.25, -0.2) is 4.79 Å². The molecule has 1 saturated heterocycles. The van der Waals surface area contributed by atoms with Crippen molar-refractivity contribution >= 4 is 17.8 Å². The fourth-order valence-corrected chi connectivity index (χ4v) is 4.53. The molecular weight excluding hydrogens is 418 g/mol. The third-order valence-electron chi connectivity index (χ3n) is 6.33. The molecule has 1 aliphatic heterocycles. The number of carbonyl (C=O) groups is 3. The van der Waals surface area contributed by atoms with Gasteiger partial charge in [0.25, 0.3) is 0 Å². The van der Waals surface area contributed by atoms with E-state index in [0.29, 0.717) is 18.6 Å². The zero-order chi connectivity index (χ0) is 25.3. The molecule has 7 heteroatoms. The van der Waals surface area contributed by atoms with E-state index in [-0.39, 0.29) is 47.7 Å². The number of carbonyl (C=O) groups excluding carboxylic acids is 3. The lowest BCUT2D eigenvalue weighted by atomic mass is 9.96. The molecule has 0 aromatic rings. The van der Waals surface area contributed by atoms with Gasteiger partial charge in [-0.3, -0.25) is 14.5 Å². The highest BCUT2D eigenvalue weighted by Crippen LogP contribution is 2.21. The van der Waals surface area contributed by atoms with Crippen molar-refractivity contribution in [3.8, 4) is 0 Å². The summed E-state index contributed by atoms with van der Waals surface area (Å²) in [5.74, 6) is -0.226. The highest BCUT2D eigenvalue weighted by molar-refractivity contribution is 5.90. The molecule has 0 aliphatic carbocycles. The molecule has 0 bridgehead atoms. The van der Waals surface area contributed by atoms with Gasteiger partial charge in [-0.05, 0) is 65.3 Å². The predicted molar refractivity (Wildman–Crippen MR) is 133 cm³/mol. The van der Waals surface area contributed by atoms with Crippen LogP contribution in [0.2, 0.25) is 0 Å². The third kappa shape index (κ3) is 8.76. The van der Waals surface area contributed by atoms with Crippen LogP contribution in [0.3, 0.4) is 0 Å². The number of hydrogen-bond acceptors (Lipinski definition) is 5. The molecule has 1 N–H and O–H groups in total. The van der Waals surface area contributed by atoms with Gasteiger partial charge in [0.1, 0.15) is 6.04 Å². The zero-order valence-electron chi connectivity index (χ0n) is 22.3. The molecule has 0 radical (unpaired) electrons. The molecule has 1 fully saturated rings. The smallest absolute Gasteiger partial charge is 0.333 e. The Morgan fingerprint density at radius 3 is 2.27 bits per heavy atom. The fraction of sp³-hybridized carbons (Fsp3) is 0.808. The number of nitrogens with zero attached hydrogens (tertiary/aromatic N) is 2. The minimum absolute atomic E-state index is 0.0601. The lowest BCUT2D eigenvalue weighted by Crippen LogP contribution is -2.57. The van der Waals surface area contributed by atoms with E-state index in [4.69, 9.17) is 4.74 Å². The highest BCUT2D eigenvalue weighted by Gasteiger charge is 2.35. The van der Waals surface area contributed by atoms with Gasteiger partial charge in [-0.15, -0.1) is 0 Å². The molecule has 1 rings (SSSR count). The van der Waals surface area contributed by atoms with Gasteiger partial charge in [-0.1, -0.05) is 40.2 Å². The molecule has 7 nitrogen and oxygen atoms in total. The van der Waals surface area contributed by atoms with Crippen LogP contribution in [0.4, 0.5) is 0 Å². The summed E-state index contributed by atoms with van der Waals surface area (Å²) in [7, 11) is 1.75. The summed E-state index contributed by atoms with van der Waals surface area (Å²) < 4.78 is 5.10. The van der Waals surface area contributed by atoms with Crippen LogP contribution in [0.1, 0.15) is 81.1 Å². The quantitative estimate of drug-likeness (QED) is 0.371. The van der Waals surface area contributed by atoms with Gasteiger partial charge in [0.2, 0.25) is 11.8 Å². The minimum Gasteiger partial charge on any atom is -0.463 e. The lowest BCUT2D eigenvalue weighted by Gasteiger charge is -2.39. The van der Waals surface area contributed by atoms with Gasteiger partial charge in [0, 0.05) is 18.7 Å². The Hall–Kier alpha value is -1.89. The predicted octanol–water partition coefficient (Wildman–Crippen LogP) is 3.77. The average molecular weight is 466 g/mol. The van der Waals surface area contributed by atoms with Crippen molar-refractivity contribution in [2.75, 3.05) is 20.2 Å². The van der Waals surface area contributed by atoms with Crippen molar-refractivity contribution < 1.29 is 19.1 Å². The molecule has 0 spiro atoms. The molecular formula is C26H47N3O4. The number of esters is 1. The SMILES string of the molecule is CCOC(=O)C(C)=C[C@H](C(C)C)N(C)C(=O)[C@H](CC(C)C)NC(=O)C1CCCCN1C(C)C. The van der Waals surface area contributed by atoms with E-state index in [1.54, 1.807) is 31.9 Å². The van der Waals surface area contributed by atoms with Gasteiger partial charge in [0.15, 0.2) is 0 Å². The van der Waals surface area contributed by atoms with Crippen LogP contribution >= 0.6 is 0 Å². The summed E-state index contributed by atoms with van der Waals surface area (Å²) in [6.45, 7) is 17.1. The van der Waals surface area contributed by atoms with Crippen LogP contribution in [0.25, 0.3) is 0 Å². The van der Waals surface area contributed by atoms with Crippen molar-refractivity contribution in [3.63, 3.8) is 0 Å². The van der Waals surface area contributed by atoms with Crippen molar-refractivity contribution in [1.82, 2.24) is 15.1 Å². The molecule has 1 heterocycles. The summed E-state index contributed by atoms with van der Waals surface area (Å²) in [4.78, 5) is 42.9. The lowest BCUT2D eigenvalue weighted by molar-refractivity contribution is -0.140. The van der Waals surface area contributed by atoms with E-state index >= 15 is 0 Å². The third-order valence-corrected chi connectivity index (χ3v) is 6.33. The largest absolute Gasteiger partial charge is 0.463 e. The summed E-state index contributed by atoms with van der Waals surface area (Å²) in [5, 5.41) is 3.09. The maximum atomic E-state index is 13.6. The number of amides is 2. The maximum Gasteiger partial charge on any atom is 0.333 e. The first-order valence-electron chi connectivity index (χ1n) is 12.6. The fourth-order valence-electron chi connectivity index (χ4n) is 4.53. The second kappa shape index (κ2) is 13.7. The number of hydrogen-bond donors (Lipinski definition) is 1. The first-order valence-corrected chi connectivity index (χ1v) is 12.6. The van der Waals surface area contributed by atoms with E-state index in [1.807, 2.05) is 13.8 Å². The molecule has 1 unspecified atom stereocenters. The Bertz CT molecular complexity index is 687. The summed E-state index contributed by atoms with van der Waals surface area (Å²) >= 11 is 0. The topological polar surface area (TPSA) is 79.0 Å². The van der Waals surface area contributed by atoms with Crippen molar-refractivity contribution in [2.45, 2.75) is 105 Å².